The van der Waals surface area contributed by atoms with Gasteiger partial charge in [-0.2, -0.15) is 0 Å². The van der Waals surface area contributed by atoms with Crippen LogP contribution in [0.3, 0.4) is 0 Å². The third-order valence-corrected chi connectivity index (χ3v) is 3.18. The van der Waals surface area contributed by atoms with Gasteiger partial charge in [0.05, 0.1) is 13.2 Å². The second-order valence-electron chi connectivity index (χ2n) is 4.75. The van der Waals surface area contributed by atoms with Crippen LogP contribution in [0.25, 0.3) is 0 Å². The summed E-state index contributed by atoms with van der Waals surface area (Å²) in [4.78, 5) is 36.1. The largest absolute Gasteiger partial charge is 0.480 e. The van der Waals surface area contributed by atoms with Crippen molar-refractivity contribution >= 4 is 23.5 Å². The lowest BCUT2D eigenvalue weighted by Crippen LogP contribution is -2.55. The van der Waals surface area contributed by atoms with Crippen LogP contribution in [0, 0.1) is 6.92 Å². The van der Waals surface area contributed by atoms with E-state index in [1.165, 1.54) is 0 Å². The zero-order valence-electron chi connectivity index (χ0n) is 11.5. The number of hydrogen-bond donors (Lipinski definition) is 2. The fraction of sp³-hybridized carbons (Fsp3) is 0.357. The molecule has 0 saturated carbocycles. The van der Waals surface area contributed by atoms with Gasteiger partial charge in [-0.3, -0.25) is 9.59 Å². The van der Waals surface area contributed by atoms with E-state index in [0.29, 0.717) is 5.69 Å². The molecule has 0 spiro atoms. The van der Waals surface area contributed by atoms with E-state index in [2.05, 4.69) is 5.32 Å². The number of benzene rings is 1. The SMILES string of the molecule is Cc1ccc(NC(=O)C(=O)N2CCOCC2C(=O)O)cc1. The molecule has 1 heterocycles. The number of aryl methyl sites for hydroxylation is 1. The molecule has 112 valence electrons. The topological polar surface area (TPSA) is 95.9 Å². The molecule has 7 heteroatoms. The Balaban J connectivity index is 2.05. The molecule has 1 fully saturated rings. The molecule has 1 aromatic rings. The van der Waals surface area contributed by atoms with Crippen molar-refractivity contribution in [1.82, 2.24) is 4.90 Å². The molecule has 1 unspecified atom stereocenters. The van der Waals surface area contributed by atoms with Crippen LogP contribution < -0.4 is 5.32 Å². The van der Waals surface area contributed by atoms with E-state index in [1.54, 1.807) is 24.3 Å². The van der Waals surface area contributed by atoms with Crippen LogP contribution in [-0.2, 0) is 19.1 Å². The molecule has 0 bridgehead atoms. The van der Waals surface area contributed by atoms with Crippen molar-refractivity contribution in [1.29, 1.82) is 0 Å². The zero-order chi connectivity index (χ0) is 15.4. The molecule has 0 aliphatic carbocycles. The van der Waals surface area contributed by atoms with Crippen LogP contribution in [0.15, 0.2) is 24.3 Å². The number of rotatable bonds is 2. The average molecular weight is 292 g/mol. The van der Waals surface area contributed by atoms with Crippen LogP contribution in [-0.4, -0.2) is 53.6 Å². The molecule has 1 aromatic carbocycles. The number of anilines is 1. The first-order valence-corrected chi connectivity index (χ1v) is 6.48. The number of carboxylic acids is 1. The Bertz CT molecular complexity index is 555. The fourth-order valence-electron chi connectivity index (χ4n) is 2.00. The summed E-state index contributed by atoms with van der Waals surface area (Å²) in [6.45, 7) is 2.09. The molecule has 1 aliphatic rings. The lowest BCUT2D eigenvalue weighted by Gasteiger charge is -2.32. The highest BCUT2D eigenvalue weighted by Gasteiger charge is 2.35. The van der Waals surface area contributed by atoms with Crippen molar-refractivity contribution in [3.05, 3.63) is 29.8 Å². The van der Waals surface area contributed by atoms with Crippen molar-refractivity contribution in [3.63, 3.8) is 0 Å². The van der Waals surface area contributed by atoms with Crippen LogP contribution in [0.4, 0.5) is 5.69 Å². The van der Waals surface area contributed by atoms with Gasteiger partial charge < -0.3 is 20.1 Å². The average Bonchev–Trinajstić information content (AvgIpc) is 2.48. The summed E-state index contributed by atoms with van der Waals surface area (Å²) >= 11 is 0. The predicted molar refractivity (Wildman–Crippen MR) is 73.8 cm³/mol. The van der Waals surface area contributed by atoms with Gasteiger partial charge in [0.25, 0.3) is 0 Å². The van der Waals surface area contributed by atoms with E-state index in [0.717, 1.165) is 10.5 Å². The van der Waals surface area contributed by atoms with Gasteiger partial charge in [-0.25, -0.2) is 4.79 Å². The highest BCUT2D eigenvalue weighted by atomic mass is 16.5. The first kappa shape index (κ1) is 15.0. The molecular formula is C14H16N2O5. The summed E-state index contributed by atoms with van der Waals surface area (Å²) in [5.74, 6) is -2.91. The Morgan fingerprint density at radius 3 is 2.57 bits per heavy atom. The van der Waals surface area contributed by atoms with Crippen LogP contribution in [0.1, 0.15) is 5.56 Å². The first-order valence-electron chi connectivity index (χ1n) is 6.48. The fourth-order valence-corrected chi connectivity index (χ4v) is 2.00. The van der Waals surface area contributed by atoms with Gasteiger partial charge in [-0.05, 0) is 19.1 Å². The minimum atomic E-state index is -1.19. The van der Waals surface area contributed by atoms with Gasteiger partial charge >= 0.3 is 17.8 Å². The van der Waals surface area contributed by atoms with Crippen molar-refractivity contribution < 1.29 is 24.2 Å². The summed E-state index contributed by atoms with van der Waals surface area (Å²) in [7, 11) is 0. The predicted octanol–water partition coefficient (Wildman–Crippen LogP) is 0.246. The highest BCUT2D eigenvalue weighted by molar-refractivity contribution is 6.39. The van der Waals surface area contributed by atoms with Crippen molar-refractivity contribution in [2.45, 2.75) is 13.0 Å². The van der Waals surface area contributed by atoms with E-state index in [-0.39, 0.29) is 19.8 Å². The molecule has 0 radical (unpaired) electrons. The van der Waals surface area contributed by atoms with Gasteiger partial charge in [0.1, 0.15) is 0 Å². The first-order chi connectivity index (χ1) is 9.99. The Hall–Kier alpha value is -2.41. The number of ether oxygens (including phenoxy) is 1. The van der Waals surface area contributed by atoms with Crippen LogP contribution in [0.2, 0.25) is 0 Å². The molecule has 2 rings (SSSR count). The van der Waals surface area contributed by atoms with E-state index in [1.807, 2.05) is 6.92 Å². The molecule has 2 amide bonds. The number of hydrogen-bond acceptors (Lipinski definition) is 4. The maximum absolute atomic E-state index is 12.1. The van der Waals surface area contributed by atoms with Gasteiger partial charge in [-0.1, -0.05) is 17.7 Å². The molecular weight excluding hydrogens is 276 g/mol. The van der Waals surface area contributed by atoms with Gasteiger partial charge in [0.2, 0.25) is 0 Å². The number of nitrogens with zero attached hydrogens (tertiary/aromatic N) is 1. The third kappa shape index (κ3) is 3.57. The Kier molecular flexibility index (Phi) is 4.54. The third-order valence-electron chi connectivity index (χ3n) is 3.18. The number of carboxylic acid groups (broad SMARTS) is 1. The molecule has 1 aliphatic heterocycles. The number of amides is 2. The number of carbonyl (C=O) groups excluding carboxylic acids is 2. The highest BCUT2D eigenvalue weighted by Crippen LogP contribution is 2.11. The maximum atomic E-state index is 12.1. The normalized spacial score (nSPS) is 18.1. The monoisotopic (exact) mass is 292 g/mol. The second-order valence-corrected chi connectivity index (χ2v) is 4.75. The van der Waals surface area contributed by atoms with E-state index < -0.39 is 23.8 Å². The summed E-state index contributed by atoms with van der Waals surface area (Å²) in [6.07, 6.45) is 0. The van der Waals surface area contributed by atoms with Gasteiger partial charge in [0, 0.05) is 12.2 Å². The Morgan fingerprint density at radius 1 is 1.29 bits per heavy atom. The minimum Gasteiger partial charge on any atom is -0.480 e. The number of aliphatic carboxylic acids is 1. The van der Waals surface area contributed by atoms with Crippen molar-refractivity contribution in [3.8, 4) is 0 Å². The number of carbonyl (C=O) groups is 3. The maximum Gasteiger partial charge on any atom is 0.328 e. The quantitative estimate of drug-likeness (QED) is 0.762. The van der Waals surface area contributed by atoms with Gasteiger partial charge in [-0.15, -0.1) is 0 Å². The second kappa shape index (κ2) is 6.36. The minimum absolute atomic E-state index is 0.0805. The standard InChI is InChI=1S/C14H16N2O5/c1-9-2-4-10(5-3-9)15-12(17)13(18)16-6-7-21-8-11(16)14(19)20/h2-5,11H,6-8H2,1H3,(H,15,17)(H,19,20). The van der Waals surface area contributed by atoms with Crippen molar-refractivity contribution in [2.24, 2.45) is 0 Å². The molecule has 1 atom stereocenters. The molecule has 1 saturated heterocycles. The van der Waals surface area contributed by atoms with E-state index in [4.69, 9.17) is 9.84 Å². The lowest BCUT2D eigenvalue weighted by atomic mass is 10.2. The van der Waals surface area contributed by atoms with Crippen LogP contribution >= 0.6 is 0 Å². The van der Waals surface area contributed by atoms with Gasteiger partial charge in [0.15, 0.2) is 6.04 Å². The van der Waals surface area contributed by atoms with Crippen LogP contribution in [0.5, 0.6) is 0 Å². The lowest BCUT2D eigenvalue weighted by molar-refractivity contribution is -0.160. The number of morpholine rings is 1. The summed E-state index contributed by atoms with van der Waals surface area (Å²) in [5, 5.41) is 11.5. The van der Waals surface area contributed by atoms with E-state index in [9.17, 15) is 14.4 Å². The summed E-state index contributed by atoms with van der Waals surface area (Å²) in [5.41, 5.74) is 1.51. The summed E-state index contributed by atoms with van der Waals surface area (Å²) < 4.78 is 5.03. The van der Waals surface area contributed by atoms with E-state index >= 15 is 0 Å². The molecule has 21 heavy (non-hydrogen) atoms. The Labute approximate surface area is 121 Å². The van der Waals surface area contributed by atoms with Crippen molar-refractivity contribution in [2.75, 3.05) is 25.1 Å². The smallest absolute Gasteiger partial charge is 0.328 e. The summed E-state index contributed by atoms with van der Waals surface area (Å²) in [6, 6.07) is 5.82. The zero-order valence-corrected chi connectivity index (χ0v) is 11.5. The molecule has 0 aromatic heterocycles. The molecule has 2 N–H and O–H groups in total. The number of nitrogens with one attached hydrogen (secondary N) is 1. The molecule has 7 nitrogen and oxygen atoms in total. The Morgan fingerprint density at radius 2 is 1.95 bits per heavy atom.